The van der Waals surface area contributed by atoms with Crippen LogP contribution in [0.2, 0.25) is 0 Å². The highest BCUT2D eigenvalue weighted by molar-refractivity contribution is 7.99. The molecule has 2 rings (SSSR count). The second-order valence-electron chi connectivity index (χ2n) is 3.65. The third kappa shape index (κ3) is 3.01. The molecular formula is C11H14N2OS. The summed E-state index contributed by atoms with van der Waals surface area (Å²) in [6.45, 7) is 0.733. The lowest BCUT2D eigenvalue weighted by Crippen LogP contribution is -2.31. The first-order valence-electron chi connectivity index (χ1n) is 5.18. The van der Waals surface area contributed by atoms with E-state index in [0.717, 1.165) is 12.3 Å². The Kier molecular flexibility index (Phi) is 3.70. The molecule has 15 heavy (non-hydrogen) atoms. The quantitative estimate of drug-likeness (QED) is 0.851. The number of thioether (sulfide) groups is 1. The van der Waals surface area contributed by atoms with Gasteiger partial charge in [-0.05, 0) is 36.5 Å². The summed E-state index contributed by atoms with van der Waals surface area (Å²) in [5.74, 6) is 3.74. The minimum Gasteiger partial charge on any atom is -0.449 e. The van der Waals surface area contributed by atoms with E-state index in [2.05, 4.69) is 5.32 Å². The Labute approximate surface area is 93.8 Å². The standard InChI is InChI=1S/C11H14N2OS/c12-7-10-1-2-11(14-10)8-13-9-3-5-15-6-4-9/h1-2,9,13H,3-6,8H2. The third-order valence-corrected chi connectivity index (χ3v) is 3.61. The fourth-order valence-electron chi connectivity index (χ4n) is 1.68. The molecule has 1 N–H and O–H groups in total. The number of nitrogens with zero attached hydrogens (tertiary/aromatic N) is 1. The number of nitrogens with one attached hydrogen (secondary N) is 1. The molecule has 0 unspecified atom stereocenters. The average molecular weight is 222 g/mol. The molecule has 0 bridgehead atoms. The molecule has 0 saturated carbocycles. The van der Waals surface area contributed by atoms with Crippen molar-refractivity contribution in [2.24, 2.45) is 0 Å². The van der Waals surface area contributed by atoms with Crippen molar-refractivity contribution in [2.75, 3.05) is 11.5 Å². The molecule has 1 saturated heterocycles. The number of nitriles is 1. The van der Waals surface area contributed by atoms with Gasteiger partial charge in [-0.15, -0.1) is 0 Å². The first-order chi connectivity index (χ1) is 7.38. The van der Waals surface area contributed by atoms with Gasteiger partial charge in [0, 0.05) is 6.04 Å². The van der Waals surface area contributed by atoms with Gasteiger partial charge in [-0.1, -0.05) is 0 Å². The van der Waals surface area contributed by atoms with Crippen LogP contribution in [0.5, 0.6) is 0 Å². The lowest BCUT2D eigenvalue weighted by Gasteiger charge is -2.21. The summed E-state index contributed by atoms with van der Waals surface area (Å²) in [5.41, 5.74) is 0. The van der Waals surface area contributed by atoms with Crippen molar-refractivity contribution in [3.63, 3.8) is 0 Å². The van der Waals surface area contributed by atoms with Gasteiger partial charge in [-0.25, -0.2) is 0 Å². The molecule has 1 aliphatic heterocycles. The zero-order valence-electron chi connectivity index (χ0n) is 8.53. The topological polar surface area (TPSA) is 49.0 Å². The van der Waals surface area contributed by atoms with Crippen molar-refractivity contribution in [3.8, 4) is 6.07 Å². The van der Waals surface area contributed by atoms with Gasteiger partial charge < -0.3 is 9.73 Å². The third-order valence-electron chi connectivity index (χ3n) is 2.56. The van der Waals surface area contributed by atoms with Crippen LogP contribution in [0.4, 0.5) is 0 Å². The second kappa shape index (κ2) is 5.24. The van der Waals surface area contributed by atoms with Gasteiger partial charge >= 0.3 is 0 Å². The molecular weight excluding hydrogens is 208 g/mol. The van der Waals surface area contributed by atoms with Gasteiger partial charge in [0.2, 0.25) is 5.76 Å². The van der Waals surface area contributed by atoms with Crippen molar-refractivity contribution < 1.29 is 4.42 Å². The SMILES string of the molecule is N#Cc1ccc(CNC2CCSCC2)o1. The predicted octanol–water partition coefficient (Wildman–Crippen LogP) is 2.14. The Morgan fingerprint density at radius 2 is 2.27 bits per heavy atom. The summed E-state index contributed by atoms with van der Waals surface area (Å²) in [7, 11) is 0. The van der Waals surface area contributed by atoms with Gasteiger partial charge in [0.1, 0.15) is 11.8 Å². The van der Waals surface area contributed by atoms with E-state index < -0.39 is 0 Å². The van der Waals surface area contributed by atoms with Crippen molar-refractivity contribution in [3.05, 3.63) is 23.7 Å². The van der Waals surface area contributed by atoms with Crippen molar-refractivity contribution in [1.29, 1.82) is 5.26 Å². The first kappa shape index (κ1) is 10.6. The summed E-state index contributed by atoms with van der Waals surface area (Å²) in [5, 5.41) is 12.1. The number of rotatable bonds is 3. The van der Waals surface area contributed by atoms with Crippen LogP contribution in [0.25, 0.3) is 0 Å². The summed E-state index contributed by atoms with van der Waals surface area (Å²) in [6, 6.07) is 6.18. The lowest BCUT2D eigenvalue weighted by molar-refractivity contribution is 0.424. The van der Waals surface area contributed by atoms with Crippen LogP contribution >= 0.6 is 11.8 Å². The summed E-state index contributed by atoms with van der Waals surface area (Å²) >= 11 is 2.02. The molecule has 1 fully saturated rings. The van der Waals surface area contributed by atoms with Gasteiger partial charge in [0.25, 0.3) is 0 Å². The molecule has 0 radical (unpaired) electrons. The molecule has 80 valence electrons. The summed E-state index contributed by atoms with van der Waals surface area (Å²) in [6.07, 6.45) is 2.47. The largest absolute Gasteiger partial charge is 0.449 e. The smallest absolute Gasteiger partial charge is 0.203 e. The average Bonchev–Trinajstić information content (AvgIpc) is 2.76. The highest BCUT2D eigenvalue weighted by Gasteiger charge is 2.13. The van der Waals surface area contributed by atoms with E-state index in [-0.39, 0.29) is 0 Å². The molecule has 3 nitrogen and oxygen atoms in total. The molecule has 1 aromatic heterocycles. The zero-order chi connectivity index (χ0) is 10.5. The van der Waals surface area contributed by atoms with Crippen LogP contribution in [-0.2, 0) is 6.54 Å². The van der Waals surface area contributed by atoms with E-state index in [9.17, 15) is 0 Å². The first-order valence-corrected chi connectivity index (χ1v) is 6.34. The molecule has 2 heterocycles. The van der Waals surface area contributed by atoms with Crippen molar-refractivity contribution >= 4 is 11.8 Å². The second-order valence-corrected chi connectivity index (χ2v) is 4.87. The summed E-state index contributed by atoms with van der Waals surface area (Å²) < 4.78 is 5.30. The maximum absolute atomic E-state index is 8.60. The lowest BCUT2D eigenvalue weighted by atomic mass is 10.1. The fraction of sp³-hybridized carbons (Fsp3) is 0.545. The maximum Gasteiger partial charge on any atom is 0.203 e. The molecule has 0 spiro atoms. The number of hydrogen-bond donors (Lipinski definition) is 1. The maximum atomic E-state index is 8.60. The van der Waals surface area contributed by atoms with E-state index in [1.54, 1.807) is 6.07 Å². The normalized spacial score (nSPS) is 17.5. The molecule has 0 atom stereocenters. The Morgan fingerprint density at radius 3 is 2.93 bits per heavy atom. The summed E-state index contributed by atoms with van der Waals surface area (Å²) in [4.78, 5) is 0. The van der Waals surface area contributed by atoms with Gasteiger partial charge in [0.15, 0.2) is 0 Å². The molecule has 1 aliphatic rings. The van der Waals surface area contributed by atoms with Gasteiger partial charge in [-0.2, -0.15) is 17.0 Å². The number of furan rings is 1. The zero-order valence-corrected chi connectivity index (χ0v) is 9.35. The number of hydrogen-bond acceptors (Lipinski definition) is 4. The Hall–Kier alpha value is -0.920. The Balaban J connectivity index is 1.79. The van der Waals surface area contributed by atoms with Crippen LogP contribution in [0.3, 0.4) is 0 Å². The van der Waals surface area contributed by atoms with Crippen LogP contribution in [0.1, 0.15) is 24.4 Å². The minimum absolute atomic E-state index is 0.394. The van der Waals surface area contributed by atoms with E-state index in [0.29, 0.717) is 11.8 Å². The van der Waals surface area contributed by atoms with E-state index >= 15 is 0 Å². The predicted molar refractivity (Wildman–Crippen MR) is 60.6 cm³/mol. The van der Waals surface area contributed by atoms with E-state index in [1.165, 1.54) is 24.3 Å². The minimum atomic E-state index is 0.394. The van der Waals surface area contributed by atoms with Crippen LogP contribution in [0.15, 0.2) is 16.5 Å². The van der Waals surface area contributed by atoms with Gasteiger partial charge in [-0.3, -0.25) is 0 Å². The van der Waals surface area contributed by atoms with Crippen molar-refractivity contribution in [2.45, 2.75) is 25.4 Å². The highest BCUT2D eigenvalue weighted by atomic mass is 32.2. The van der Waals surface area contributed by atoms with Crippen molar-refractivity contribution in [1.82, 2.24) is 5.32 Å². The van der Waals surface area contributed by atoms with E-state index in [4.69, 9.17) is 9.68 Å². The van der Waals surface area contributed by atoms with Crippen LogP contribution in [-0.4, -0.2) is 17.5 Å². The Bertz CT molecular complexity index is 350. The molecule has 1 aromatic rings. The Morgan fingerprint density at radius 1 is 1.47 bits per heavy atom. The fourth-order valence-corrected chi connectivity index (χ4v) is 2.79. The molecule has 4 heteroatoms. The van der Waals surface area contributed by atoms with Crippen LogP contribution in [0, 0.1) is 11.3 Å². The van der Waals surface area contributed by atoms with E-state index in [1.807, 2.05) is 23.9 Å². The molecule has 0 aromatic carbocycles. The van der Waals surface area contributed by atoms with Crippen LogP contribution < -0.4 is 5.32 Å². The molecule has 0 aliphatic carbocycles. The highest BCUT2D eigenvalue weighted by Crippen LogP contribution is 2.17. The molecule has 0 amide bonds. The monoisotopic (exact) mass is 222 g/mol. The van der Waals surface area contributed by atoms with Gasteiger partial charge in [0.05, 0.1) is 6.54 Å².